The molecule has 0 bridgehead atoms. The van der Waals surface area contributed by atoms with Crippen LogP contribution in [0.25, 0.3) is 16.4 Å². The van der Waals surface area contributed by atoms with Crippen molar-refractivity contribution in [2.24, 2.45) is 5.10 Å². The van der Waals surface area contributed by atoms with E-state index in [9.17, 15) is 10.1 Å². The molecule has 0 aliphatic carbocycles. The Labute approximate surface area is 159 Å². The van der Waals surface area contributed by atoms with Gasteiger partial charge in [0.2, 0.25) is 0 Å². The quantitative estimate of drug-likeness (QED) is 0.313. The van der Waals surface area contributed by atoms with Crippen molar-refractivity contribution in [1.82, 2.24) is 19.8 Å². The van der Waals surface area contributed by atoms with E-state index in [0.29, 0.717) is 11.5 Å². The third-order valence-electron chi connectivity index (χ3n) is 4.29. The maximum Gasteiger partial charge on any atom is 0.269 e. The first kappa shape index (κ1) is 17.5. The van der Waals surface area contributed by atoms with Crippen molar-refractivity contribution >= 4 is 34.1 Å². The summed E-state index contributed by atoms with van der Waals surface area (Å²) in [4.78, 5) is 10.3. The standard InChI is InChI=1S/C19H17N7O2/c1-2-5-17-21-23-19-16-7-4-3-6-15(16)18(24-25(17)19)22-20-12-13-8-10-14(11-9-13)26(27)28/h3-4,6-12H,2,5H2,1H3,(H,22,24)/b20-12+. The minimum absolute atomic E-state index is 0.0410. The predicted molar refractivity (Wildman–Crippen MR) is 107 cm³/mol. The van der Waals surface area contributed by atoms with Crippen LogP contribution in [0.3, 0.4) is 0 Å². The van der Waals surface area contributed by atoms with Gasteiger partial charge in [-0.25, -0.2) is 0 Å². The Morgan fingerprint density at radius 3 is 2.61 bits per heavy atom. The van der Waals surface area contributed by atoms with E-state index >= 15 is 0 Å². The summed E-state index contributed by atoms with van der Waals surface area (Å²) >= 11 is 0. The van der Waals surface area contributed by atoms with E-state index < -0.39 is 4.92 Å². The number of hydrogen-bond donors (Lipinski definition) is 1. The van der Waals surface area contributed by atoms with E-state index in [4.69, 9.17) is 0 Å². The van der Waals surface area contributed by atoms with Crippen LogP contribution in [-0.4, -0.2) is 30.9 Å². The van der Waals surface area contributed by atoms with E-state index in [1.807, 2.05) is 24.3 Å². The summed E-state index contributed by atoms with van der Waals surface area (Å²) in [5.41, 5.74) is 4.46. The Morgan fingerprint density at radius 2 is 1.89 bits per heavy atom. The fourth-order valence-corrected chi connectivity index (χ4v) is 2.94. The van der Waals surface area contributed by atoms with Crippen molar-refractivity contribution in [2.75, 3.05) is 5.43 Å². The number of aryl methyl sites for hydroxylation is 1. The molecular weight excluding hydrogens is 358 g/mol. The first-order valence-electron chi connectivity index (χ1n) is 8.84. The zero-order valence-electron chi connectivity index (χ0n) is 15.1. The third kappa shape index (κ3) is 3.25. The number of nitrogens with zero attached hydrogens (tertiary/aromatic N) is 6. The molecule has 0 aliphatic rings. The number of aromatic nitrogens is 4. The Bertz CT molecular complexity index is 1180. The van der Waals surface area contributed by atoms with E-state index in [1.165, 1.54) is 12.1 Å². The van der Waals surface area contributed by atoms with Crippen LogP contribution < -0.4 is 5.43 Å². The Balaban J connectivity index is 1.68. The first-order valence-corrected chi connectivity index (χ1v) is 8.84. The van der Waals surface area contributed by atoms with E-state index in [1.54, 1.807) is 22.9 Å². The average Bonchev–Trinajstić information content (AvgIpc) is 3.12. The van der Waals surface area contributed by atoms with Gasteiger partial charge in [-0.2, -0.15) is 9.62 Å². The Kier molecular flexibility index (Phi) is 4.63. The lowest BCUT2D eigenvalue weighted by atomic mass is 10.2. The molecule has 28 heavy (non-hydrogen) atoms. The molecule has 0 saturated carbocycles. The van der Waals surface area contributed by atoms with Crippen LogP contribution >= 0.6 is 0 Å². The molecule has 4 rings (SSSR count). The van der Waals surface area contributed by atoms with E-state index in [-0.39, 0.29) is 5.69 Å². The monoisotopic (exact) mass is 375 g/mol. The van der Waals surface area contributed by atoms with Gasteiger partial charge in [0.1, 0.15) is 0 Å². The van der Waals surface area contributed by atoms with Crippen LogP contribution in [0.2, 0.25) is 0 Å². The number of rotatable bonds is 6. The van der Waals surface area contributed by atoms with Gasteiger partial charge >= 0.3 is 0 Å². The molecule has 140 valence electrons. The molecule has 0 fully saturated rings. The molecule has 2 aromatic carbocycles. The second kappa shape index (κ2) is 7.39. The largest absolute Gasteiger partial charge is 0.269 e. The fraction of sp³-hybridized carbons (Fsp3) is 0.158. The summed E-state index contributed by atoms with van der Waals surface area (Å²) in [7, 11) is 0. The van der Waals surface area contributed by atoms with Crippen molar-refractivity contribution in [2.45, 2.75) is 19.8 Å². The molecule has 0 amide bonds. The van der Waals surface area contributed by atoms with Crippen LogP contribution in [0.15, 0.2) is 53.6 Å². The second-order valence-electron chi connectivity index (χ2n) is 6.21. The number of benzene rings is 2. The van der Waals surface area contributed by atoms with Gasteiger partial charge in [0.15, 0.2) is 17.3 Å². The number of anilines is 1. The zero-order chi connectivity index (χ0) is 19.5. The molecule has 4 aromatic rings. The lowest BCUT2D eigenvalue weighted by Gasteiger charge is -2.07. The Morgan fingerprint density at radius 1 is 1.14 bits per heavy atom. The third-order valence-corrected chi connectivity index (χ3v) is 4.29. The lowest BCUT2D eigenvalue weighted by Crippen LogP contribution is -2.04. The highest BCUT2D eigenvalue weighted by atomic mass is 16.6. The smallest absolute Gasteiger partial charge is 0.259 e. The molecule has 0 spiro atoms. The molecule has 0 saturated heterocycles. The highest BCUT2D eigenvalue weighted by Gasteiger charge is 2.13. The Hall–Kier alpha value is -3.88. The number of nitrogens with one attached hydrogen (secondary N) is 1. The van der Waals surface area contributed by atoms with Crippen molar-refractivity contribution in [1.29, 1.82) is 0 Å². The minimum atomic E-state index is -0.433. The number of hydrazone groups is 1. The number of non-ortho nitro benzene ring substituents is 1. The van der Waals surface area contributed by atoms with Gasteiger partial charge in [0.05, 0.1) is 11.1 Å². The minimum Gasteiger partial charge on any atom is -0.259 e. The summed E-state index contributed by atoms with van der Waals surface area (Å²) in [5, 5.41) is 30.0. The molecule has 2 aromatic heterocycles. The maximum atomic E-state index is 10.7. The van der Waals surface area contributed by atoms with Crippen LogP contribution in [0.4, 0.5) is 11.5 Å². The normalized spacial score (nSPS) is 11.5. The molecule has 9 heteroatoms. The molecule has 9 nitrogen and oxygen atoms in total. The number of fused-ring (bicyclic) bond motifs is 3. The second-order valence-corrected chi connectivity index (χ2v) is 6.21. The molecule has 0 unspecified atom stereocenters. The van der Waals surface area contributed by atoms with Crippen molar-refractivity contribution in [3.05, 3.63) is 70.0 Å². The molecule has 0 atom stereocenters. The summed E-state index contributed by atoms with van der Waals surface area (Å²) in [5.74, 6) is 1.38. The zero-order valence-corrected chi connectivity index (χ0v) is 15.1. The van der Waals surface area contributed by atoms with Gasteiger partial charge in [0.25, 0.3) is 5.69 Å². The van der Waals surface area contributed by atoms with Crippen LogP contribution in [0.5, 0.6) is 0 Å². The lowest BCUT2D eigenvalue weighted by molar-refractivity contribution is -0.384. The molecular formula is C19H17N7O2. The van der Waals surface area contributed by atoms with Gasteiger partial charge in [-0.1, -0.05) is 31.2 Å². The van der Waals surface area contributed by atoms with Crippen molar-refractivity contribution < 1.29 is 4.92 Å². The van der Waals surface area contributed by atoms with Gasteiger partial charge in [-0.3, -0.25) is 15.5 Å². The van der Waals surface area contributed by atoms with Gasteiger partial charge in [-0.15, -0.1) is 15.3 Å². The summed E-state index contributed by atoms with van der Waals surface area (Å²) < 4.78 is 1.75. The fourth-order valence-electron chi connectivity index (χ4n) is 2.94. The predicted octanol–water partition coefficient (Wildman–Crippen LogP) is 3.58. The van der Waals surface area contributed by atoms with Gasteiger partial charge < -0.3 is 0 Å². The number of nitro benzene ring substituents is 1. The SMILES string of the molecule is CCCc1nnc2c3ccccc3c(N/N=C/c3ccc([N+](=O)[O-])cc3)nn12. The average molecular weight is 375 g/mol. The number of hydrogen-bond acceptors (Lipinski definition) is 7. The summed E-state index contributed by atoms with van der Waals surface area (Å²) in [6.45, 7) is 2.08. The van der Waals surface area contributed by atoms with Crippen LogP contribution in [0, 0.1) is 10.1 Å². The van der Waals surface area contributed by atoms with Crippen molar-refractivity contribution in [3.63, 3.8) is 0 Å². The van der Waals surface area contributed by atoms with Crippen LogP contribution in [-0.2, 0) is 6.42 Å². The first-order chi connectivity index (χ1) is 13.7. The molecule has 2 heterocycles. The maximum absolute atomic E-state index is 10.7. The van der Waals surface area contributed by atoms with Gasteiger partial charge in [-0.05, 0) is 24.1 Å². The topological polar surface area (TPSA) is 111 Å². The highest BCUT2D eigenvalue weighted by molar-refractivity contribution is 6.00. The summed E-state index contributed by atoms with van der Waals surface area (Å²) in [6.07, 6.45) is 3.30. The molecule has 1 N–H and O–H groups in total. The highest BCUT2D eigenvalue weighted by Crippen LogP contribution is 2.25. The van der Waals surface area contributed by atoms with E-state index in [2.05, 4.69) is 32.7 Å². The van der Waals surface area contributed by atoms with Crippen LogP contribution in [0.1, 0.15) is 24.7 Å². The molecule has 0 radical (unpaired) electrons. The number of nitro groups is 1. The van der Waals surface area contributed by atoms with E-state index in [0.717, 1.165) is 35.0 Å². The molecule has 0 aliphatic heterocycles. The van der Waals surface area contributed by atoms with Crippen molar-refractivity contribution in [3.8, 4) is 0 Å². The summed E-state index contributed by atoms with van der Waals surface area (Å²) in [6, 6.07) is 13.9. The van der Waals surface area contributed by atoms with Gasteiger partial charge in [0, 0.05) is 29.3 Å².